The molecule has 1 saturated heterocycles. The van der Waals surface area contributed by atoms with Gasteiger partial charge in [-0.3, -0.25) is 14.9 Å². The van der Waals surface area contributed by atoms with Gasteiger partial charge in [0.1, 0.15) is 11.4 Å². The molecule has 0 bridgehead atoms. The number of urea groups is 1. The fraction of sp³-hybridized carbons (Fsp3) is 0.231. The Morgan fingerprint density at radius 1 is 1.08 bits per heavy atom. The molecule has 0 atom stereocenters. The van der Waals surface area contributed by atoms with Gasteiger partial charge in [-0.2, -0.15) is 0 Å². The van der Waals surface area contributed by atoms with Crippen LogP contribution in [0.4, 0.5) is 14.9 Å². The molecule has 0 unspecified atom stereocenters. The zero-order chi connectivity index (χ0) is 26.2. The van der Waals surface area contributed by atoms with Crippen LogP contribution in [0.3, 0.4) is 0 Å². The smallest absolute Gasteiger partial charge is 0.344 e. The van der Waals surface area contributed by atoms with E-state index in [0.717, 1.165) is 17.0 Å². The monoisotopic (exact) mass is 496 g/mol. The molecule has 0 saturated carbocycles. The molecule has 1 aliphatic heterocycles. The average Bonchev–Trinajstić information content (AvgIpc) is 2.83. The van der Waals surface area contributed by atoms with Crippen LogP contribution in [0.15, 0.2) is 54.6 Å². The van der Waals surface area contributed by atoms with Gasteiger partial charge in [-0.05, 0) is 68.3 Å². The summed E-state index contributed by atoms with van der Waals surface area (Å²) in [5, 5.41) is 2.12. The van der Waals surface area contributed by atoms with E-state index in [1.165, 1.54) is 18.2 Å². The van der Waals surface area contributed by atoms with E-state index >= 15 is 0 Å². The highest BCUT2D eigenvalue weighted by molar-refractivity contribution is 6.39. The Hall–Kier alpha value is -4.47. The molecule has 0 aromatic heterocycles. The number of nitrogens with one attached hydrogen (secondary N) is 1. The number of rotatable bonds is 10. The second kappa shape index (κ2) is 11.8. The SMILES string of the molecule is C=CCc1cc(/C=C2\C(=O)NC(=O)N(c3ccc(F)cc3)C2=O)cc(OCC)c1OCC(=O)OCC. The number of anilines is 1. The Morgan fingerprint density at radius 2 is 1.81 bits per heavy atom. The van der Waals surface area contributed by atoms with Crippen molar-refractivity contribution >= 4 is 35.6 Å². The van der Waals surface area contributed by atoms with E-state index in [4.69, 9.17) is 14.2 Å². The van der Waals surface area contributed by atoms with E-state index in [2.05, 4.69) is 11.9 Å². The Kier molecular flexibility index (Phi) is 8.56. The van der Waals surface area contributed by atoms with Crippen LogP contribution in [-0.2, 0) is 25.5 Å². The number of nitrogens with zero attached hydrogens (tertiary/aromatic N) is 1. The lowest BCUT2D eigenvalue weighted by Gasteiger charge is -2.26. The van der Waals surface area contributed by atoms with Gasteiger partial charge in [-0.1, -0.05) is 6.08 Å². The third-order valence-electron chi connectivity index (χ3n) is 4.96. The molecule has 9 nitrogen and oxygen atoms in total. The Labute approximate surface area is 207 Å². The predicted octanol–water partition coefficient (Wildman–Crippen LogP) is 3.56. The van der Waals surface area contributed by atoms with Crippen molar-refractivity contribution in [3.05, 3.63) is 71.6 Å². The Balaban J connectivity index is 2.02. The highest BCUT2D eigenvalue weighted by Gasteiger charge is 2.37. The van der Waals surface area contributed by atoms with Crippen molar-refractivity contribution in [3.63, 3.8) is 0 Å². The van der Waals surface area contributed by atoms with Crippen molar-refractivity contribution in [1.82, 2.24) is 5.32 Å². The second-order valence-electron chi connectivity index (χ2n) is 7.46. The quantitative estimate of drug-likeness (QED) is 0.232. The average molecular weight is 496 g/mol. The van der Waals surface area contributed by atoms with Gasteiger partial charge in [0.2, 0.25) is 0 Å². The number of carbonyl (C=O) groups excluding carboxylic acids is 4. The summed E-state index contributed by atoms with van der Waals surface area (Å²) in [4.78, 5) is 50.6. The van der Waals surface area contributed by atoms with Crippen LogP contribution < -0.4 is 19.7 Å². The van der Waals surface area contributed by atoms with Gasteiger partial charge < -0.3 is 14.2 Å². The number of allylic oxidation sites excluding steroid dienone is 1. The summed E-state index contributed by atoms with van der Waals surface area (Å²) in [5.41, 5.74) is 0.779. The van der Waals surface area contributed by atoms with Crippen LogP contribution in [0.25, 0.3) is 6.08 Å². The lowest BCUT2D eigenvalue weighted by Crippen LogP contribution is -2.54. The minimum atomic E-state index is -0.946. The Morgan fingerprint density at radius 3 is 2.44 bits per heavy atom. The highest BCUT2D eigenvalue weighted by Crippen LogP contribution is 2.35. The Bertz CT molecular complexity index is 1220. The summed E-state index contributed by atoms with van der Waals surface area (Å²) in [6.07, 6.45) is 3.26. The first-order valence-electron chi connectivity index (χ1n) is 11.1. The van der Waals surface area contributed by atoms with Crippen LogP contribution in [0, 0.1) is 5.82 Å². The lowest BCUT2D eigenvalue weighted by atomic mass is 10.0. The molecule has 3 rings (SSSR count). The molecule has 2 aromatic carbocycles. The van der Waals surface area contributed by atoms with E-state index in [1.807, 2.05) is 0 Å². The molecule has 188 valence electrons. The molecule has 1 heterocycles. The van der Waals surface area contributed by atoms with Crippen LogP contribution in [-0.4, -0.2) is 43.6 Å². The van der Waals surface area contributed by atoms with Crippen molar-refractivity contribution in [2.45, 2.75) is 20.3 Å². The minimum absolute atomic E-state index is 0.0994. The first kappa shape index (κ1) is 26.1. The molecule has 36 heavy (non-hydrogen) atoms. The molecule has 4 amide bonds. The first-order chi connectivity index (χ1) is 17.3. The third kappa shape index (κ3) is 5.96. The second-order valence-corrected chi connectivity index (χ2v) is 7.46. The molecule has 2 aromatic rings. The zero-order valence-corrected chi connectivity index (χ0v) is 19.8. The summed E-state index contributed by atoms with van der Waals surface area (Å²) in [6.45, 7) is 7.32. The van der Waals surface area contributed by atoms with E-state index < -0.39 is 29.6 Å². The molecule has 0 aliphatic carbocycles. The van der Waals surface area contributed by atoms with Crippen LogP contribution >= 0.6 is 0 Å². The predicted molar refractivity (Wildman–Crippen MR) is 129 cm³/mol. The number of imide groups is 2. The lowest BCUT2D eigenvalue weighted by molar-refractivity contribution is -0.145. The summed E-state index contributed by atoms with van der Waals surface area (Å²) in [7, 11) is 0. The summed E-state index contributed by atoms with van der Waals surface area (Å²) < 4.78 is 29.6. The number of halogens is 1. The van der Waals surface area contributed by atoms with Gasteiger partial charge in [0.15, 0.2) is 18.1 Å². The van der Waals surface area contributed by atoms with Crippen LogP contribution in [0.1, 0.15) is 25.0 Å². The largest absolute Gasteiger partial charge is 0.490 e. The van der Waals surface area contributed by atoms with Gasteiger partial charge in [0, 0.05) is 5.56 Å². The molecule has 10 heteroatoms. The number of hydrogen-bond acceptors (Lipinski definition) is 7. The van der Waals surface area contributed by atoms with Crippen molar-refractivity contribution in [1.29, 1.82) is 0 Å². The number of benzene rings is 2. The summed E-state index contributed by atoms with van der Waals surface area (Å²) in [6, 6.07) is 6.95. The molecule has 1 fully saturated rings. The zero-order valence-electron chi connectivity index (χ0n) is 19.8. The maximum Gasteiger partial charge on any atom is 0.344 e. The molecule has 0 spiro atoms. The maximum atomic E-state index is 13.3. The molecular formula is C26H25FN2O7. The molecule has 1 aliphatic rings. The summed E-state index contributed by atoms with van der Waals surface area (Å²) in [5.74, 6) is -2.27. The topological polar surface area (TPSA) is 111 Å². The van der Waals surface area contributed by atoms with Crippen LogP contribution in [0.5, 0.6) is 11.5 Å². The van der Waals surface area contributed by atoms with Crippen LogP contribution in [0.2, 0.25) is 0 Å². The third-order valence-corrected chi connectivity index (χ3v) is 4.96. The van der Waals surface area contributed by atoms with Gasteiger partial charge in [-0.15, -0.1) is 6.58 Å². The highest BCUT2D eigenvalue weighted by atomic mass is 19.1. The normalized spacial score (nSPS) is 14.5. The number of barbiturate groups is 1. The standard InChI is InChI=1S/C26H25FN2O7/c1-4-7-17-12-16(14-21(34-5-2)23(17)36-15-22(30)35-6-3)13-20-24(31)28-26(33)29(25(20)32)19-10-8-18(27)9-11-19/h4,8-14H,1,5-7,15H2,2-3H3,(H,28,31,33)/b20-13+. The minimum Gasteiger partial charge on any atom is -0.490 e. The first-order valence-corrected chi connectivity index (χ1v) is 11.1. The maximum absolute atomic E-state index is 13.3. The van der Waals surface area contributed by atoms with Crippen molar-refractivity contribution in [3.8, 4) is 11.5 Å². The van der Waals surface area contributed by atoms with Gasteiger partial charge >= 0.3 is 12.0 Å². The number of hydrogen-bond donors (Lipinski definition) is 1. The van der Waals surface area contributed by atoms with Crippen molar-refractivity contribution < 1.29 is 37.8 Å². The van der Waals surface area contributed by atoms with E-state index in [1.54, 1.807) is 32.1 Å². The van der Waals surface area contributed by atoms with E-state index in [0.29, 0.717) is 23.3 Å². The van der Waals surface area contributed by atoms with E-state index in [-0.39, 0.29) is 36.8 Å². The molecule has 0 radical (unpaired) electrons. The number of esters is 1. The number of carbonyl (C=O) groups is 4. The fourth-order valence-electron chi connectivity index (χ4n) is 3.48. The molecular weight excluding hydrogens is 471 g/mol. The summed E-state index contributed by atoms with van der Waals surface area (Å²) >= 11 is 0. The number of ether oxygens (including phenoxy) is 3. The van der Waals surface area contributed by atoms with E-state index in [9.17, 15) is 23.6 Å². The van der Waals surface area contributed by atoms with Gasteiger partial charge in [-0.25, -0.2) is 18.9 Å². The van der Waals surface area contributed by atoms with Crippen molar-refractivity contribution in [2.24, 2.45) is 0 Å². The number of amides is 4. The fourth-order valence-corrected chi connectivity index (χ4v) is 3.48. The van der Waals surface area contributed by atoms with Gasteiger partial charge in [0.25, 0.3) is 11.8 Å². The van der Waals surface area contributed by atoms with Crippen molar-refractivity contribution in [2.75, 3.05) is 24.7 Å². The van der Waals surface area contributed by atoms with Gasteiger partial charge in [0.05, 0.1) is 18.9 Å². The molecule has 1 N–H and O–H groups in total.